The van der Waals surface area contributed by atoms with Crippen LogP contribution < -0.4 is 0 Å². The van der Waals surface area contributed by atoms with Gasteiger partial charge in [-0.1, -0.05) is 12.1 Å². The highest BCUT2D eigenvalue weighted by Gasteiger charge is 2.20. The third-order valence-corrected chi connectivity index (χ3v) is 2.98. The van der Waals surface area contributed by atoms with Crippen molar-refractivity contribution in [3.05, 3.63) is 59.5 Å². The average Bonchev–Trinajstić information content (AvgIpc) is 2.95. The van der Waals surface area contributed by atoms with Gasteiger partial charge >= 0.3 is 0 Å². The van der Waals surface area contributed by atoms with E-state index >= 15 is 0 Å². The van der Waals surface area contributed by atoms with Crippen molar-refractivity contribution in [2.24, 2.45) is 0 Å². The van der Waals surface area contributed by atoms with Gasteiger partial charge in [-0.15, -0.1) is 0 Å². The molecule has 0 fully saturated rings. The molecule has 1 N–H and O–H groups in total. The van der Waals surface area contributed by atoms with E-state index in [4.69, 9.17) is 8.83 Å². The SMILES string of the molecule is Cc1occc1C(O)c1cc2cccc(F)c2o1. The zero-order valence-corrected chi connectivity index (χ0v) is 9.68. The molecule has 0 radical (unpaired) electrons. The Bertz CT molecular complexity index is 696. The minimum Gasteiger partial charge on any atom is -0.469 e. The highest BCUT2D eigenvalue weighted by atomic mass is 19.1. The molecule has 18 heavy (non-hydrogen) atoms. The Morgan fingerprint density at radius 1 is 1.28 bits per heavy atom. The topological polar surface area (TPSA) is 46.5 Å². The van der Waals surface area contributed by atoms with E-state index in [1.165, 1.54) is 12.3 Å². The number of aliphatic hydroxyl groups excluding tert-OH is 1. The lowest BCUT2D eigenvalue weighted by Crippen LogP contribution is -1.97. The number of halogens is 1. The van der Waals surface area contributed by atoms with E-state index in [0.29, 0.717) is 22.5 Å². The number of benzene rings is 1. The molecule has 0 bridgehead atoms. The van der Waals surface area contributed by atoms with Crippen LogP contribution in [0.5, 0.6) is 0 Å². The minimum absolute atomic E-state index is 0.160. The normalized spacial score (nSPS) is 13.1. The Balaban J connectivity index is 2.10. The van der Waals surface area contributed by atoms with E-state index in [0.717, 1.165) is 0 Å². The Morgan fingerprint density at radius 3 is 2.78 bits per heavy atom. The Kier molecular flexibility index (Phi) is 2.45. The average molecular weight is 246 g/mol. The molecular formula is C14H11FO3. The quantitative estimate of drug-likeness (QED) is 0.752. The summed E-state index contributed by atoms with van der Waals surface area (Å²) in [7, 11) is 0. The van der Waals surface area contributed by atoms with Crippen LogP contribution in [0.1, 0.15) is 23.2 Å². The van der Waals surface area contributed by atoms with Crippen LogP contribution in [0.4, 0.5) is 4.39 Å². The molecule has 0 aliphatic heterocycles. The van der Waals surface area contributed by atoms with Crippen LogP contribution in [-0.2, 0) is 0 Å². The maximum Gasteiger partial charge on any atom is 0.170 e. The zero-order valence-electron chi connectivity index (χ0n) is 9.68. The van der Waals surface area contributed by atoms with Gasteiger partial charge in [-0.25, -0.2) is 4.39 Å². The molecule has 0 spiro atoms. The molecule has 0 saturated carbocycles. The Hall–Kier alpha value is -2.07. The molecule has 3 rings (SSSR count). The standard InChI is InChI=1S/C14H11FO3/c1-8-10(5-6-17-8)13(16)12-7-9-3-2-4-11(15)14(9)18-12/h2-7,13,16H,1H3. The zero-order chi connectivity index (χ0) is 12.7. The van der Waals surface area contributed by atoms with Crippen LogP contribution in [0.15, 0.2) is 45.4 Å². The summed E-state index contributed by atoms with van der Waals surface area (Å²) in [4.78, 5) is 0. The molecule has 1 aromatic carbocycles. The van der Waals surface area contributed by atoms with E-state index in [1.54, 1.807) is 31.2 Å². The first kappa shape index (κ1) is 11.0. The summed E-state index contributed by atoms with van der Waals surface area (Å²) in [6.07, 6.45) is 0.549. The molecule has 2 heterocycles. The molecule has 2 aromatic heterocycles. The van der Waals surface area contributed by atoms with Gasteiger partial charge in [0.05, 0.1) is 6.26 Å². The van der Waals surface area contributed by atoms with Crippen molar-refractivity contribution in [2.75, 3.05) is 0 Å². The predicted octanol–water partition coefficient (Wildman–Crippen LogP) is 3.56. The van der Waals surface area contributed by atoms with Gasteiger partial charge in [0.25, 0.3) is 0 Å². The smallest absolute Gasteiger partial charge is 0.170 e. The molecule has 1 atom stereocenters. The predicted molar refractivity (Wildman–Crippen MR) is 63.7 cm³/mol. The van der Waals surface area contributed by atoms with Crippen LogP contribution in [0.3, 0.4) is 0 Å². The number of rotatable bonds is 2. The van der Waals surface area contributed by atoms with Crippen molar-refractivity contribution in [1.82, 2.24) is 0 Å². The van der Waals surface area contributed by atoms with Crippen molar-refractivity contribution in [2.45, 2.75) is 13.0 Å². The molecule has 0 aliphatic rings. The number of aryl methyl sites for hydroxylation is 1. The molecule has 1 unspecified atom stereocenters. The number of para-hydroxylation sites is 1. The fourth-order valence-corrected chi connectivity index (χ4v) is 2.01. The van der Waals surface area contributed by atoms with E-state index in [9.17, 15) is 9.50 Å². The second-order valence-electron chi connectivity index (χ2n) is 4.14. The van der Waals surface area contributed by atoms with E-state index in [-0.39, 0.29) is 5.58 Å². The maximum absolute atomic E-state index is 13.5. The number of hydrogen-bond donors (Lipinski definition) is 1. The van der Waals surface area contributed by atoms with E-state index in [1.807, 2.05) is 0 Å². The third kappa shape index (κ3) is 1.62. The van der Waals surface area contributed by atoms with Gasteiger partial charge in [0.15, 0.2) is 11.4 Å². The lowest BCUT2D eigenvalue weighted by Gasteiger charge is -2.05. The Labute approximate surface area is 102 Å². The summed E-state index contributed by atoms with van der Waals surface area (Å²) in [6.45, 7) is 1.75. The number of hydrogen-bond acceptors (Lipinski definition) is 3. The van der Waals surface area contributed by atoms with Gasteiger partial charge in [0.2, 0.25) is 0 Å². The maximum atomic E-state index is 13.5. The summed E-state index contributed by atoms with van der Waals surface area (Å²) in [5.41, 5.74) is 0.780. The van der Waals surface area contributed by atoms with Crippen molar-refractivity contribution in [1.29, 1.82) is 0 Å². The molecule has 92 valence electrons. The Morgan fingerprint density at radius 2 is 2.11 bits per heavy atom. The summed E-state index contributed by atoms with van der Waals surface area (Å²) < 4.78 is 24.0. The number of fused-ring (bicyclic) bond motifs is 1. The first-order chi connectivity index (χ1) is 8.66. The molecule has 0 saturated heterocycles. The summed E-state index contributed by atoms with van der Waals surface area (Å²) in [6, 6.07) is 7.97. The summed E-state index contributed by atoms with van der Waals surface area (Å²) in [5.74, 6) is 0.484. The molecule has 3 nitrogen and oxygen atoms in total. The first-order valence-electron chi connectivity index (χ1n) is 5.57. The van der Waals surface area contributed by atoms with E-state index in [2.05, 4.69) is 0 Å². The van der Waals surface area contributed by atoms with Crippen LogP contribution >= 0.6 is 0 Å². The van der Waals surface area contributed by atoms with E-state index < -0.39 is 11.9 Å². The van der Waals surface area contributed by atoms with Gasteiger partial charge in [-0.05, 0) is 25.1 Å². The first-order valence-corrected chi connectivity index (χ1v) is 5.57. The lowest BCUT2D eigenvalue weighted by atomic mass is 10.1. The van der Waals surface area contributed by atoms with Gasteiger partial charge < -0.3 is 13.9 Å². The van der Waals surface area contributed by atoms with Crippen molar-refractivity contribution < 1.29 is 18.3 Å². The van der Waals surface area contributed by atoms with Crippen molar-refractivity contribution >= 4 is 11.0 Å². The molecular weight excluding hydrogens is 235 g/mol. The van der Waals surface area contributed by atoms with Gasteiger partial charge in [-0.3, -0.25) is 0 Å². The number of aliphatic hydroxyl groups is 1. The second kappa shape index (κ2) is 3.99. The fourth-order valence-electron chi connectivity index (χ4n) is 2.01. The molecule has 0 aliphatic carbocycles. The second-order valence-corrected chi connectivity index (χ2v) is 4.14. The molecule has 0 amide bonds. The summed E-state index contributed by atoms with van der Waals surface area (Å²) in [5, 5.41) is 10.8. The third-order valence-electron chi connectivity index (χ3n) is 2.98. The molecule has 3 aromatic rings. The monoisotopic (exact) mass is 246 g/mol. The number of furan rings is 2. The van der Waals surface area contributed by atoms with Gasteiger partial charge in [-0.2, -0.15) is 0 Å². The highest BCUT2D eigenvalue weighted by Crippen LogP contribution is 2.31. The van der Waals surface area contributed by atoms with Gasteiger partial charge in [0.1, 0.15) is 17.6 Å². The van der Waals surface area contributed by atoms with Crippen molar-refractivity contribution in [3.8, 4) is 0 Å². The highest BCUT2D eigenvalue weighted by molar-refractivity contribution is 5.78. The van der Waals surface area contributed by atoms with Crippen molar-refractivity contribution in [3.63, 3.8) is 0 Å². The van der Waals surface area contributed by atoms with Crippen LogP contribution in [0.2, 0.25) is 0 Å². The minimum atomic E-state index is -0.949. The summed E-state index contributed by atoms with van der Waals surface area (Å²) >= 11 is 0. The van der Waals surface area contributed by atoms with Crippen LogP contribution in [-0.4, -0.2) is 5.11 Å². The lowest BCUT2D eigenvalue weighted by molar-refractivity contribution is 0.190. The van der Waals surface area contributed by atoms with Crippen LogP contribution in [0, 0.1) is 12.7 Å². The fraction of sp³-hybridized carbons (Fsp3) is 0.143. The van der Waals surface area contributed by atoms with Crippen LogP contribution in [0.25, 0.3) is 11.0 Å². The molecule has 4 heteroatoms. The van der Waals surface area contributed by atoms with Gasteiger partial charge in [0, 0.05) is 10.9 Å². The largest absolute Gasteiger partial charge is 0.469 e.